The van der Waals surface area contributed by atoms with E-state index in [9.17, 15) is 4.79 Å². The molecule has 0 atom stereocenters. The lowest BCUT2D eigenvalue weighted by molar-refractivity contribution is -0.0972. The molecule has 0 aliphatic rings. The smallest absolute Gasteiger partial charge is 0.317 e. The highest BCUT2D eigenvalue weighted by Crippen LogP contribution is 2.25. The maximum atomic E-state index is 11.5. The van der Waals surface area contributed by atoms with Crippen LogP contribution in [0.15, 0.2) is 24.3 Å². The van der Waals surface area contributed by atoms with E-state index in [1.54, 1.807) is 19.2 Å². The van der Waals surface area contributed by atoms with Crippen LogP contribution in [0.25, 0.3) is 0 Å². The van der Waals surface area contributed by atoms with Gasteiger partial charge in [0.25, 0.3) is 0 Å². The summed E-state index contributed by atoms with van der Waals surface area (Å²) >= 11 is 0. The number of carbonyl (C=O) groups is 1. The summed E-state index contributed by atoms with van der Waals surface area (Å²) in [5.74, 6) is 1.16. The summed E-state index contributed by atoms with van der Waals surface area (Å²) in [5.41, 5.74) is 0. The fourth-order valence-corrected chi connectivity index (χ4v) is 1.42. The highest BCUT2D eigenvalue weighted by Gasteiger charge is 2.08. The van der Waals surface area contributed by atoms with Crippen molar-refractivity contribution in [1.82, 2.24) is 10.6 Å². The number of ether oxygens (including phenoxy) is 4. The van der Waals surface area contributed by atoms with Gasteiger partial charge in [-0.1, -0.05) is 12.1 Å². The van der Waals surface area contributed by atoms with Crippen LogP contribution in [0.1, 0.15) is 0 Å². The van der Waals surface area contributed by atoms with E-state index >= 15 is 0 Å². The first-order chi connectivity index (χ1) is 9.71. The van der Waals surface area contributed by atoms with Crippen LogP contribution in [-0.2, 0) is 9.47 Å². The predicted octanol–water partition coefficient (Wildman–Crippen LogP) is 0.950. The third kappa shape index (κ3) is 5.33. The average molecular weight is 284 g/mol. The Kier molecular flexibility index (Phi) is 7.23. The number of nitrogens with one attached hydrogen (secondary N) is 2. The molecular weight excluding hydrogens is 264 g/mol. The van der Waals surface area contributed by atoms with Gasteiger partial charge in [0.2, 0.25) is 0 Å². The van der Waals surface area contributed by atoms with Crippen molar-refractivity contribution >= 4 is 6.03 Å². The van der Waals surface area contributed by atoms with E-state index in [1.165, 1.54) is 14.2 Å². The summed E-state index contributed by atoms with van der Waals surface area (Å²) in [4.78, 5) is 11.5. The molecule has 1 aromatic carbocycles. The number of para-hydroxylation sites is 2. The van der Waals surface area contributed by atoms with Crippen LogP contribution in [0, 0.1) is 0 Å². The molecular formula is C13H20N2O5. The first kappa shape index (κ1) is 16.1. The molecule has 20 heavy (non-hydrogen) atoms. The molecule has 0 spiro atoms. The van der Waals surface area contributed by atoms with Gasteiger partial charge < -0.3 is 29.6 Å². The number of hydrogen-bond donors (Lipinski definition) is 2. The summed E-state index contributed by atoms with van der Waals surface area (Å²) in [6, 6.07) is 6.81. The second kappa shape index (κ2) is 9.00. The first-order valence-electron chi connectivity index (χ1n) is 6.04. The van der Waals surface area contributed by atoms with Crippen LogP contribution in [0.5, 0.6) is 11.5 Å². The van der Waals surface area contributed by atoms with Crippen molar-refractivity contribution in [3.8, 4) is 11.5 Å². The minimum absolute atomic E-state index is 0.0246. The van der Waals surface area contributed by atoms with E-state index in [0.717, 1.165) is 0 Å². The molecule has 2 amide bonds. The van der Waals surface area contributed by atoms with Crippen molar-refractivity contribution in [2.75, 3.05) is 34.6 Å². The zero-order valence-corrected chi connectivity index (χ0v) is 11.8. The van der Waals surface area contributed by atoms with E-state index in [1.807, 2.05) is 12.1 Å². The van der Waals surface area contributed by atoms with E-state index < -0.39 is 6.29 Å². The Morgan fingerprint density at radius 3 is 2.35 bits per heavy atom. The molecule has 0 bridgehead atoms. The number of benzene rings is 1. The molecule has 0 aromatic heterocycles. The largest absolute Gasteiger partial charge is 0.493 e. The second-order valence-electron chi connectivity index (χ2n) is 3.73. The van der Waals surface area contributed by atoms with Gasteiger partial charge in [0.15, 0.2) is 24.5 Å². The Hall–Kier alpha value is -1.99. The molecule has 1 rings (SSSR count). The summed E-state index contributed by atoms with van der Waals surface area (Å²) in [6.45, 7) is 0.268. The van der Waals surface area contributed by atoms with Crippen LogP contribution < -0.4 is 20.1 Å². The molecule has 0 aliphatic heterocycles. The van der Waals surface area contributed by atoms with Crippen LogP contribution >= 0.6 is 0 Å². The third-order valence-electron chi connectivity index (χ3n) is 2.48. The molecule has 1 aromatic rings. The van der Waals surface area contributed by atoms with Crippen LogP contribution in [-0.4, -0.2) is 46.9 Å². The summed E-state index contributed by atoms with van der Waals surface area (Å²) < 4.78 is 20.4. The predicted molar refractivity (Wildman–Crippen MR) is 72.8 cm³/mol. The first-order valence-corrected chi connectivity index (χ1v) is 6.04. The highest BCUT2D eigenvalue weighted by atomic mass is 16.7. The number of amides is 2. The number of hydrogen-bond acceptors (Lipinski definition) is 5. The van der Waals surface area contributed by atoms with Gasteiger partial charge in [-0.2, -0.15) is 0 Å². The van der Waals surface area contributed by atoms with Crippen molar-refractivity contribution in [2.24, 2.45) is 0 Å². The SMILES string of the molecule is COc1ccccc1OCNC(=O)NCC(OC)OC. The maximum Gasteiger partial charge on any atom is 0.317 e. The summed E-state index contributed by atoms with van der Waals surface area (Å²) in [5, 5.41) is 5.14. The van der Waals surface area contributed by atoms with Gasteiger partial charge in [-0.15, -0.1) is 0 Å². The van der Waals surface area contributed by atoms with Crippen molar-refractivity contribution in [3.05, 3.63) is 24.3 Å². The van der Waals surface area contributed by atoms with E-state index in [2.05, 4.69) is 10.6 Å². The zero-order valence-electron chi connectivity index (χ0n) is 11.8. The molecule has 112 valence electrons. The van der Waals surface area contributed by atoms with Gasteiger partial charge in [-0.25, -0.2) is 4.79 Å². The molecule has 0 saturated carbocycles. The Morgan fingerprint density at radius 2 is 1.75 bits per heavy atom. The highest BCUT2D eigenvalue weighted by molar-refractivity contribution is 5.73. The minimum Gasteiger partial charge on any atom is -0.493 e. The molecule has 0 aliphatic carbocycles. The number of urea groups is 1. The van der Waals surface area contributed by atoms with Gasteiger partial charge in [0.1, 0.15) is 0 Å². The van der Waals surface area contributed by atoms with Crippen molar-refractivity contribution in [1.29, 1.82) is 0 Å². The topological polar surface area (TPSA) is 78.1 Å². The zero-order chi connectivity index (χ0) is 14.8. The van der Waals surface area contributed by atoms with Crippen LogP contribution in [0.3, 0.4) is 0 Å². The molecule has 2 N–H and O–H groups in total. The second-order valence-corrected chi connectivity index (χ2v) is 3.73. The molecule has 7 heteroatoms. The molecule has 0 heterocycles. The Morgan fingerprint density at radius 1 is 1.10 bits per heavy atom. The van der Waals surface area contributed by atoms with E-state index in [-0.39, 0.29) is 19.3 Å². The normalized spacial score (nSPS) is 10.2. The van der Waals surface area contributed by atoms with Crippen LogP contribution in [0.2, 0.25) is 0 Å². The Labute approximate surface area is 118 Å². The van der Waals surface area contributed by atoms with Gasteiger partial charge in [-0.3, -0.25) is 0 Å². The van der Waals surface area contributed by atoms with Gasteiger partial charge in [-0.05, 0) is 12.1 Å². The quantitative estimate of drug-likeness (QED) is 0.695. The Bertz CT molecular complexity index is 410. The Balaban J connectivity index is 2.28. The third-order valence-corrected chi connectivity index (χ3v) is 2.48. The van der Waals surface area contributed by atoms with E-state index in [0.29, 0.717) is 11.5 Å². The summed E-state index contributed by atoms with van der Waals surface area (Å²) in [6.07, 6.45) is -0.476. The number of carbonyl (C=O) groups excluding carboxylic acids is 1. The fourth-order valence-electron chi connectivity index (χ4n) is 1.42. The molecule has 0 radical (unpaired) electrons. The lowest BCUT2D eigenvalue weighted by atomic mass is 10.3. The van der Waals surface area contributed by atoms with Crippen molar-refractivity contribution in [2.45, 2.75) is 6.29 Å². The van der Waals surface area contributed by atoms with Crippen LogP contribution in [0.4, 0.5) is 4.79 Å². The number of methoxy groups -OCH3 is 3. The molecule has 7 nitrogen and oxygen atoms in total. The van der Waals surface area contributed by atoms with Gasteiger partial charge in [0, 0.05) is 14.2 Å². The maximum absolute atomic E-state index is 11.5. The van der Waals surface area contributed by atoms with Crippen molar-refractivity contribution < 1.29 is 23.7 Å². The lowest BCUT2D eigenvalue weighted by Crippen LogP contribution is -2.42. The fraction of sp³-hybridized carbons (Fsp3) is 0.462. The van der Waals surface area contributed by atoms with Gasteiger partial charge >= 0.3 is 6.03 Å². The lowest BCUT2D eigenvalue weighted by Gasteiger charge is -2.15. The monoisotopic (exact) mass is 284 g/mol. The molecule has 0 fully saturated rings. The summed E-state index contributed by atoms with van der Waals surface area (Å²) in [7, 11) is 4.55. The molecule has 0 unspecified atom stereocenters. The standard InChI is InChI=1S/C13H20N2O5/c1-17-10-6-4-5-7-11(10)20-9-15-13(16)14-8-12(18-2)19-3/h4-7,12H,8-9H2,1-3H3,(H2,14,15,16). The average Bonchev–Trinajstić information content (AvgIpc) is 2.48. The molecule has 0 saturated heterocycles. The van der Waals surface area contributed by atoms with Gasteiger partial charge in [0.05, 0.1) is 13.7 Å². The van der Waals surface area contributed by atoms with E-state index in [4.69, 9.17) is 18.9 Å². The van der Waals surface area contributed by atoms with Crippen molar-refractivity contribution in [3.63, 3.8) is 0 Å². The minimum atomic E-state index is -0.476. The number of rotatable bonds is 8.